The third-order valence-electron chi connectivity index (χ3n) is 9.39. The number of anilines is 3. The van der Waals surface area contributed by atoms with Crippen molar-refractivity contribution >= 4 is 34.8 Å². The molecule has 0 aliphatic rings. The quantitative estimate of drug-likeness (QED) is 0.0953. The molecule has 0 spiro atoms. The van der Waals surface area contributed by atoms with Gasteiger partial charge < -0.3 is 0 Å². The first kappa shape index (κ1) is 57.8. The highest BCUT2D eigenvalue weighted by Crippen LogP contribution is 2.55. The van der Waals surface area contributed by atoms with Crippen LogP contribution >= 0.6 is 0 Å². The SMILES string of the molecule is Cc1cc(F)c(N(C(=O)c2cc(C(=O)N(c3cc(F)c(F)cc3F)C(F)(C(F)(F)F)C(F)(F)F)cc(C(=O)N(c3cc(F)c(F)cc3F)C(F)(C(F)(F)F)C(F)(F)F)c2)C(F)(C(F)(F)F)C(F)(F)F)cc1F. The maximum absolute atomic E-state index is 16.0. The predicted octanol–water partition coefficient (Wildman–Crippen LogP) is 13.4. The van der Waals surface area contributed by atoms with Gasteiger partial charge in [-0.25, -0.2) is 35.1 Å². The summed E-state index contributed by atoms with van der Waals surface area (Å²) in [7, 11) is 0. The topological polar surface area (TPSA) is 60.9 Å². The number of rotatable bonds is 9. The summed E-state index contributed by atoms with van der Waals surface area (Å²) in [6, 6.07) is -10.0. The zero-order valence-electron chi connectivity index (χ0n) is 33.2. The lowest BCUT2D eigenvalue weighted by Crippen LogP contribution is -2.67. The number of halogens is 29. The summed E-state index contributed by atoms with van der Waals surface area (Å²) in [6.45, 7) is 0.431. The molecule has 0 atom stereocenters. The van der Waals surface area contributed by atoms with Gasteiger partial charge in [-0.05, 0) is 36.8 Å². The zero-order chi connectivity index (χ0) is 56.0. The summed E-state index contributed by atoms with van der Waals surface area (Å²) >= 11 is 0. The molecule has 0 saturated carbocycles. The molecule has 4 aromatic carbocycles. The summed E-state index contributed by atoms with van der Waals surface area (Å²) < 4.78 is 421. The molecule has 35 heteroatoms. The Hall–Kier alpha value is -6.74. The van der Waals surface area contributed by atoms with Crippen molar-refractivity contribution in [1.82, 2.24) is 0 Å². The molecule has 0 saturated heterocycles. The Bertz CT molecular complexity index is 2450. The normalized spacial score (nSPS) is 13.6. The third-order valence-corrected chi connectivity index (χ3v) is 9.39. The molecule has 0 unspecified atom stereocenters. The van der Waals surface area contributed by atoms with Crippen molar-refractivity contribution in [2.75, 3.05) is 14.7 Å². The van der Waals surface area contributed by atoms with Crippen LogP contribution in [0.2, 0.25) is 0 Å². The van der Waals surface area contributed by atoms with Crippen LogP contribution in [0.25, 0.3) is 0 Å². The molecule has 0 aromatic heterocycles. The summed E-state index contributed by atoms with van der Waals surface area (Å²) in [5.41, 5.74) is -20.0. The number of alkyl halides is 21. The standard InChI is InChI=1S/C37H12F29N3O3/c1-11-2-20(43)23(8-15(11)38)67(29(46,32(49,50)51)33(52,53)54)26(70)12-3-13(27(71)68(24-9-18(41)16(39)6-21(24)44)30(47,34(55,56)57)35(58,59)60)5-14(4-12)28(72)69(25-10-19(42)17(40)7-22(25)45)31(48,36(61,62)63)37(64,65)66/h2-10H,1H3. The van der Waals surface area contributed by atoms with Crippen LogP contribution in [-0.2, 0) is 0 Å². The summed E-state index contributed by atoms with van der Waals surface area (Å²) in [5, 5.41) is 0. The monoisotopic (exact) mass is 1100 g/mol. The van der Waals surface area contributed by atoms with Gasteiger partial charge in [0.25, 0.3) is 17.7 Å². The number of carbonyl (C=O) groups excluding carboxylic acids is 3. The lowest BCUT2D eigenvalue weighted by molar-refractivity contribution is -0.338. The number of aryl methyl sites for hydroxylation is 1. The van der Waals surface area contributed by atoms with E-state index in [1.807, 2.05) is 0 Å². The van der Waals surface area contributed by atoms with Crippen LogP contribution in [0.4, 0.5) is 144 Å². The van der Waals surface area contributed by atoms with E-state index in [0.717, 1.165) is 0 Å². The number of hydrogen-bond donors (Lipinski definition) is 0. The lowest BCUT2D eigenvalue weighted by atomic mass is 9.98. The summed E-state index contributed by atoms with van der Waals surface area (Å²) in [5.74, 6) is -57.7. The Morgan fingerprint density at radius 3 is 0.708 bits per heavy atom. The number of benzene rings is 4. The van der Waals surface area contributed by atoms with Crippen molar-refractivity contribution in [1.29, 1.82) is 0 Å². The zero-order valence-corrected chi connectivity index (χ0v) is 33.2. The predicted molar refractivity (Wildman–Crippen MR) is 178 cm³/mol. The van der Waals surface area contributed by atoms with Crippen LogP contribution in [0.1, 0.15) is 36.6 Å². The van der Waals surface area contributed by atoms with Gasteiger partial charge >= 0.3 is 54.4 Å². The van der Waals surface area contributed by atoms with Crippen LogP contribution in [0, 0.1) is 53.5 Å². The Kier molecular flexibility index (Phi) is 14.5. The molecule has 72 heavy (non-hydrogen) atoms. The maximum atomic E-state index is 16.0. The average Bonchev–Trinajstić information content (AvgIpc) is 3.20. The molecule has 0 N–H and O–H groups in total. The van der Waals surface area contributed by atoms with Gasteiger partial charge in [-0.3, -0.25) is 29.1 Å². The molecule has 6 nitrogen and oxygen atoms in total. The third kappa shape index (κ3) is 9.43. The van der Waals surface area contributed by atoms with E-state index in [1.54, 1.807) is 0 Å². The number of amides is 3. The molecular formula is C37H12F29N3O3. The Morgan fingerprint density at radius 1 is 0.292 bits per heavy atom. The Balaban J connectivity index is 2.40. The fraction of sp³-hybridized carbons (Fsp3) is 0.270. The van der Waals surface area contributed by atoms with E-state index in [9.17, 15) is 115 Å². The van der Waals surface area contributed by atoms with Crippen molar-refractivity contribution in [3.63, 3.8) is 0 Å². The molecule has 3 amide bonds. The van der Waals surface area contributed by atoms with Crippen molar-refractivity contribution < 1.29 is 142 Å². The van der Waals surface area contributed by atoms with Gasteiger partial charge in [-0.15, -0.1) is 0 Å². The Labute approximate surface area is 376 Å². The van der Waals surface area contributed by atoms with Gasteiger partial charge in [-0.2, -0.15) is 92.2 Å². The first-order valence-electron chi connectivity index (χ1n) is 17.6. The molecule has 0 bridgehead atoms. The van der Waals surface area contributed by atoms with Crippen LogP contribution < -0.4 is 14.7 Å². The van der Waals surface area contributed by atoms with E-state index < -0.39 is 227 Å². The minimum Gasteiger partial charge on any atom is -0.269 e. The van der Waals surface area contributed by atoms with Crippen molar-refractivity contribution in [2.24, 2.45) is 0 Å². The van der Waals surface area contributed by atoms with Crippen LogP contribution in [0.5, 0.6) is 0 Å². The highest BCUT2D eigenvalue weighted by molar-refractivity contribution is 6.15. The minimum atomic E-state index is -7.91. The second-order valence-corrected chi connectivity index (χ2v) is 14.1. The highest BCUT2D eigenvalue weighted by atomic mass is 19.5. The van der Waals surface area contributed by atoms with E-state index in [0.29, 0.717) is 6.92 Å². The number of nitrogens with zero attached hydrogens (tertiary/aromatic N) is 3. The van der Waals surface area contributed by atoms with E-state index in [2.05, 4.69) is 0 Å². The molecule has 396 valence electrons. The average molecular weight is 1100 g/mol. The van der Waals surface area contributed by atoms with Gasteiger partial charge in [0.15, 0.2) is 23.3 Å². The molecule has 0 radical (unpaired) electrons. The van der Waals surface area contributed by atoms with E-state index >= 15 is 26.3 Å². The van der Waals surface area contributed by atoms with Gasteiger partial charge in [0.2, 0.25) is 0 Å². The molecular weight excluding hydrogens is 1090 g/mol. The first-order chi connectivity index (χ1) is 32.1. The van der Waals surface area contributed by atoms with E-state index in [-0.39, 0.29) is 0 Å². The fourth-order valence-electron chi connectivity index (χ4n) is 6.05. The minimum absolute atomic E-state index is 0.431. The number of hydrogen-bond acceptors (Lipinski definition) is 3. The molecule has 0 aliphatic carbocycles. The van der Waals surface area contributed by atoms with Gasteiger partial charge in [0.1, 0.15) is 23.3 Å². The smallest absolute Gasteiger partial charge is 0.269 e. The van der Waals surface area contributed by atoms with Crippen LogP contribution in [-0.4, -0.2) is 72.2 Å². The second kappa shape index (κ2) is 18.1. The Morgan fingerprint density at radius 2 is 0.486 bits per heavy atom. The van der Waals surface area contributed by atoms with Crippen molar-refractivity contribution in [3.8, 4) is 0 Å². The second-order valence-electron chi connectivity index (χ2n) is 14.1. The molecule has 4 aromatic rings. The van der Waals surface area contributed by atoms with E-state index in [4.69, 9.17) is 0 Å². The van der Waals surface area contributed by atoms with E-state index in [1.165, 1.54) is 0 Å². The molecule has 0 fully saturated rings. The van der Waals surface area contributed by atoms with Crippen molar-refractivity contribution in [3.05, 3.63) is 123 Å². The van der Waals surface area contributed by atoms with Crippen LogP contribution in [0.3, 0.4) is 0 Å². The van der Waals surface area contributed by atoms with Gasteiger partial charge in [-0.1, -0.05) is 0 Å². The van der Waals surface area contributed by atoms with Crippen LogP contribution in [0.15, 0.2) is 54.6 Å². The summed E-state index contributed by atoms with van der Waals surface area (Å²) in [6.07, 6.45) is -47.3. The van der Waals surface area contributed by atoms with Crippen molar-refractivity contribution in [2.45, 2.75) is 61.4 Å². The summed E-state index contributed by atoms with van der Waals surface area (Å²) in [4.78, 5) is 33.4. The molecule has 4 rings (SSSR count). The van der Waals surface area contributed by atoms with Gasteiger partial charge in [0, 0.05) is 47.0 Å². The first-order valence-corrected chi connectivity index (χ1v) is 17.6. The highest BCUT2D eigenvalue weighted by Gasteiger charge is 2.80. The molecule has 0 heterocycles. The lowest BCUT2D eigenvalue weighted by Gasteiger charge is -2.40. The number of carbonyl (C=O) groups is 3. The fourth-order valence-corrected chi connectivity index (χ4v) is 6.05. The van der Waals surface area contributed by atoms with Gasteiger partial charge in [0.05, 0.1) is 17.1 Å². The maximum Gasteiger partial charge on any atom is 0.452 e. The molecule has 0 aliphatic heterocycles. The largest absolute Gasteiger partial charge is 0.452 e.